The number of nitrogens with one attached hydrogen (secondary N) is 1. The maximum atomic E-state index is 13.7. The van der Waals surface area contributed by atoms with E-state index in [-0.39, 0.29) is 14.5 Å². The van der Waals surface area contributed by atoms with Gasteiger partial charge in [-0.15, -0.1) is 5.10 Å². The van der Waals surface area contributed by atoms with Gasteiger partial charge in [0, 0.05) is 6.08 Å². The molecule has 2 rings (SSSR count). The highest BCUT2D eigenvalue weighted by molar-refractivity contribution is 9.10. The minimum atomic E-state index is -1.42. The predicted molar refractivity (Wildman–Crippen MR) is 84.9 cm³/mol. The Kier molecular flexibility index (Phi) is 5.78. The lowest BCUT2D eigenvalue weighted by atomic mass is 10.2. The zero-order valence-electron chi connectivity index (χ0n) is 11.8. The Morgan fingerprint density at radius 3 is 2.75 bits per heavy atom. The van der Waals surface area contributed by atoms with E-state index in [1.807, 2.05) is 0 Å². The third kappa shape index (κ3) is 4.03. The van der Waals surface area contributed by atoms with Crippen LogP contribution in [0.4, 0.5) is 13.2 Å². The van der Waals surface area contributed by atoms with Gasteiger partial charge in [-0.3, -0.25) is 10.1 Å². The first-order valence-electron chi connectivity index (χ1n) is 6.06. The van der Waals surface area contributed by atoms with E-state index < -0.39 is 34.9 Å². The van der Waals surface area contributed by atoms with Gasteiger partial charge in [0.15, 0.2) is 16.8 Å². The van der Waals surface area contributed by atoms with Crippen molar-refractivity contribution in [2.24, 2.45) is 10.2 Å². The van der Waals surface area contributed by atoms with Crippen molar-refractivity contribution in [3.05, 3.63) is 44.5 Å². The lowest BCUT2D eigenvalue weighted by Crippen LogP contribution is -2.19. The van der Waals surface area contributed by atoms with Gasteiger partial charge in [0.25, 0.3) is 5.91 Å². The Hall–Kier alpha value is -2.14. The van der Waals surface area contributed by atoms with E-state index in [1.165, 1.54) is 0 Å². The number of benzene rings is 1. The summed E-state index contributed by atoms with van der Waals surface area (Å²) in [4.78, 5) is 22.6. The largest absolute Gasteiger partial charge is 0.466 e. The molecule has 0 bridgehead atoms. The number of amidine groups is 1. The number of halogens is 4. The number of nitrogens with zero attached hydrogens (tertiary/aromatic N) is 2. The molecule has 1 aliphatic rings. The molecule has 0 unspecified atom stereocenters. The summed E-state index contributed by atoms with van der Waals surface area (Å²) in [5, 5.41) is 9.22. The maximum Gasteiger partial charge on any atom is 0.331 e. The van der Waals surface area contributed by atoms with Gasteiger partial charge in [-0.05, 0) is 33.8 Å². The number of hydrogen-bond acceptors (Lipinski definition) is 6. The lowest BCUT2D eigenvalue weighted by molar-refractivity contribution is -0.135. The number of amides is 1. The molecule has 6 nitrogen and oxygen atoms in total. The molecule has 0 aromatic heterocycles. The SMILES string of the molecule is COC(=O)/C=C1/S/C(=N\N=Cc2c(F)c(F)cc(Br)c2F)NC1=O. The van der Waals surface area contributed by atoms with Crippen LogP contribution in [-0.2, 0) is 14.3 Å². The van der Waals surface area contributed by atoms with Gasteiger partial charge in [-0.2, -0.15) is 5.10 Å². The predicted octanol–water partition coefficient (Wildman–Crippen LogP) is 2.48. The van der Waals surface area contributed by atoms with E-state index in [0.29, 0.717) is 12.3 Å². The molecule has 1 aliphatic heterocycles. The first-order chi connectivity index (χ1) is 11.3. The molecule has 126 valence electrons. The molecule has 1 aromatic carbocycles. The Morgan fingerprint density at radius 1 is 1.38 bits per heavy atom. The van der Waals surface area contributed by atoms with Gasteiger partial charge in [0.2, 0.25) is 0 Å². The van der Waals surface area contributed by atoms with E-state index in [4.69, 9.17) is 0 Å². The van der Waals surface area contributed by atoms with Crippen molar-refractivity contribution in [3.63, 3.8) is 0 Å². The van der Waals surface area contributed by atoms with Crippen LogP contribution >= 0.6 is 27.7 Å². The Labute approximate surface area is 146 Å². The number of methoxy groups -OCH3 is 1. The highest BCUT2D eigenvalue weighted by Crippen LogP contribution is 2.24. The zero-order valence-corrected chi connectivity index (χ0v) is 14.2. The summed E-state index contributed by atoms with van der Waals surface area (Å²) in [6, 6.07) is 0.644. The van der Waals surface area contributed by atoms with Crippen molar-refractivity contribution >= 4 is 51.0 Å². The van der Waals surface area contributed by atoms with Crippen LogP contribution < -0.4 is 5.32 Å². The number of rotatable bonds is 3. The van der Waals surface area contributed by atoms with Crippen LogP contribution in [0.2, 0.25) is 0 Å². The highest BCUT2D eigenvalue weighted by atomic mass is 79.9. The second-order valence-corrected chi connectivity index (χ2v) is 6.00. The van der Waals surface area contributed by atoms with Crippen molar-refractivity contribution in [1.29, 1.82) is 0 Å². The van der Waals surface area contributed by atoms with Gasteiger partial charge in [0.1, 0.15) is 5.82 Å². The van der Waals surface area contributed by atoms with Crippen molar-refractivity contribution in [3.8, 4) is 0 Å². The molecule has 0 atom stereocenters. The summed E-state index contributed by atoms with van der Waals surface area (Å²) >= 11 is 3.52. The van der Waals surface area contributed by atoms with Gasteiger partial charge >= 0.3 is 5.97 Å². The molecule has 1 aromatic rings. The van der Waals surface area contributed by atoms with E-state index in [1.54, 1.807) is 0 Å². The van der Waals surface area contributed by atoms with Gasteiger partial charge in [0.05, 0.1) is 28.3 Å². The summed E-state index contributed by atoms with van der Waals surface area (Å²) in [5.74, 6) is -5.07. The average Bonchev–Trinajstić information content (AvgIpc) is 2.88. The van der Waals surface area contributed by atoms with Crippen LogP contribution in [-0.4, -0.2) is 30.4 Å². The fourth-order valence-electron chi connectivity index (χ4n) is 1.49. The molecule has 0 radical (unpaired) electrons. The van der Waals surface area contributed by atoms with Crippen LogP contribution in [0.15, 0.2) is 31.7 Å². The van der Waals surface area contributed by atoms with Crippen LogP contribution in [0, 0.1) is 17.5 Å². The van der Waals surface area contributed by atoms with Crippen molar-refractivity contribution < 1.29 is 27.5 Å². The molecular weight excluding hydrogens is 415 g/mol. The standard InChI is InChI=1S/C13H7BrF3N3O3S/c1-23-9(21)3-8-12(22)19-13(24-8)20-18-4-5-10(16)6(14)2-7(15)11(5)17/h2-4H,1H3,(H,19,20,22)/b8-3+,18-4?. The van der Waals surface area contributed by atoms with Crippen molar-refractivity contribution in [2.75, 3.05) is 7.11 Å². The number of thioether (sulfide) groups is 1. The molecule has 1 fully saturated rings. The molecule has 1 heterocycles. The monoisotopic (exact) mass is 421 g/mol. The molecule has 1 N–H and O–H groups in total. The van der Waals surface area contributed by atoms with Gasteiger partial charge < -0.3 is 4.74 Å². The molecule has 11 heteroatoms. The number of carbonyl (C=O) groups excluding carboxylic acids is 2. The Morgan fingerprint density at radius 2 is 2.08 bits per heavy atom. The quantitative estimate of drug-likeness (QED) is 0.267. The molecule has 0 spiro atoms. The van der Waals surface area contributed by atoms with Crippen LogP contribution in [0.5, 0.6) is 0 Å². The number of esters is 1. The van der Waals surface area contributed by atoms with Crippen LogP contribution in [0.3, 0.4) is 0 Å². The van der Waals surface area contributed by atoms with E-state index in [2.05, 4.69) is 36.2 Å². The minimum absolute atomic E-state index is 0.0154. The van der Waals surface area contributed by atoms with Crippen molar-refractivity contribution in [1.82, 2.24) is 5.32 Å². The smallest absolute Gasteiger partial charge is 0.331 e. The summed E-state index contributed by atoms with van der Waals surface area (Å²) in [7, 11) is 1.15. The van der Waals surface area contributed by atoms with E-state index in [9.17, 15) is 22.8 Å². The average molecular weight is 422 g/mol. The van der Waals surface area contributed by atoms with Gasteiger partial charge in [-0.1, -0.05) is 0 Å². The minimum Gasteiger partial charge on any atom is -0.466 e. The second-order valence-electron chi connectivity index (χ2n) is 4.12. The number of carbonyl (C=O) groups is 2. The summed E-state index contributed by atoms with van der Waals surface area (Å²) in [5.41, 5.74) is -0.731. The number of ether oxygens (including phenoxy) is 1. The summed E-state index contributed by atoms with van der Waals surface area (Å²) in [6.45, 7) is 0. The zero-order chi connectivity index (χ0) is 17.9. The van der Waals surface area contributed by atoms with E-state index in [0.717, 1.165) is 24.9 Å². The molecule has 0 aliphatic carbocycles. The number of hydrogen-bond donors (Lipinski definition) is 1. The first-order valence-corrected chi connectivity index (χ1v) is 7.67. The van der Waals surface area contributed by atoms with Gasteiger partial charge in [-0.25, -0.2) is 18.0 Å². The highest BCUT2D eigenvalue weighted by Gasteiger charge is 2.25. The molecule has 1 saturated heterocycles. The third-order valence-corrected chi connectivity index (χ3v) is 4.06. The molecule has 0 saturated carbocycles. The fourth-order valence-corrected chi connectivity index (χ4v) is 2.64. The first kappa shape index (κ1) is 18.2. The van der Waals surface area contributed by atoms with Crippen LogP contribution in [0.25, 0.3) is 0 Å². The second kappa shape index (κ2) is 7.62. The molecule has 24 heavy (non-hydrogen) atoms. The molecular formula is C13H7BrF3N3O3S. The lowest BCUT2D eigenvalue weighted by Gasteiger charge is -2.01. The van der Waals surface area contributed by atoms with Crippen molar-refractivity contribution in [2.45, 2.75) is 0 Å². The van der Waals surface area contributed by atoms with Crippen LogP contribution in [0.1, 0.15) is 5.56 Å². The van der Waals surface area contributed by atoms with E-state index >= 15 is 0 Å². The normalized spacial score (nSPS) is 17.8. The Balaban J connectivity index is 2.21. The maximum absolute atomic E-state index is 13.7. The third-order valence-electron chi connectivity index (χ3n) is 2.58. The summed E-state index contributed by atoms with van der Waals surface area (Å²) in [6.07, 6.45) is 1.62. The Bertz CT molecular complexity index is 785. The topological polar surface area (TPSA) is 80.1 Å². The fraction of sp³-hybridized carbons (Fsp3) is 0.0769. The molecule has 1 amide bonds. The summed E-state index contributed by atoms with van der Waals surface area (Å²) < 4.78 is 44.6.